The molecule has 2 aliphatic rings. The second kappa shape index (κ2) is 10.3. The molecule has 32 heavy (non-hydrogen) atoms. The van der Waals surface area contributed by atoms with Crippen LogP contribution in [0, 0.1) is 0 Å². The minimum absolute atomic E-state index is 0.131. The third-order valence-corrected chi connectivity index (χ3v) is 6.38. The molecule has 0 radical (unpaired) electrons. The highest BCUT2D eigenvalue weighted by molar-refractivity contribution is 5.96. The smallest absolute Gasteiger partial charge is 0.329 e. The number of carbonyl (C=O) groups is 2. The third kappa shape index (κ3) is 4.30. The van der Waals surface area contributed by atoms with Gasteiger partial charge in [0, 0.05) is 0 Å². The van der Waals surface area contributed by atoms with Crippen molar-refractivity contribution in [3.8, 4) is 0 Å². The maximum Gasteiger partial charge on any atom is 0.329 e. The zero-order valence-electron chi connectivity index (χ0n) is 19.0. The minimum atomic E-state index is -1.49. The van der Waals surface area contributed by atoms with E-state index in [1.54, 1.807) is 36.5 Å². The Balaban J connectivity index is 2.77. The molecule has 2 saturated heterocycles. The van der Waals surface area contributed by atoms with Crippen LogP contribution in [0.5, 0.6) is 0 Å². The highest BCUT2D eigenvalue weighted by atomic mass is 16.6. The summed E-state index contributed by atoms with van der Waals surface area (Å²) in [7, 11) is 0. The van der Waals surface area contributed by atoms with Gasteiger partial charge in [-0.25, -0.2) is 9.59 Å². The molecule has 1 unspecified atom stereocenters. The number of cyclic esters (lactones) is 2. The molecule has 2 fully saturated rings. The molecular weight excluding hydrogens is 404 g/mol. The van der Waals surface area contributed by atoms with E-state index in [0.717, 1.165) is 0 Å². The SMILES string of the molecule is C=CCC1(CC=C)COC(=O)C(CC=C)([C@]2(CC=C)NC(CC=C)(CC=C)COC2=O)N1. The van der Waals surface area contributed by atoms with Gasteiger partial charge in [-0.15, -0.1) is 39.5 Å². The van der Waals surface area contributed by atoms with E-state index in [9.17, 15) is 9.59 Å². The fraction of sp³-hybridized carbons (Fsp3) is 0.462. The van der Waals surface area contributed by atoms with Crippen LogP contribution in [0.3, 0.4) is 0 Å². The first-order valence-electron chi connectivity index (χ1n) is 10.9. The molecule has 2 aliphatic heterocycles. The molecule has 6 heteroatoms. The van der Waals surface area contributed by atoms with E-state index in [-0.39, 0.29) is 26.1 Å². The molecule has 0 amide bonds. The fourth-order valence-electron chi connectivity index (χ4n) is 5.06. The summed E-state index contributed by atoms with van der Waals surface area (Å²) in [5, 5.41) is 7.06. The van der Waals surface area contributed by atoms with Crippen molar-refractivity contribution < 1.29 is 19.1 Å². The standard InChI is InChI=1S/C26H36N2O4/c1-7-13-23(14-8-2)19-31-21(29)25(27-23,17-11-5)26(18-12-6)22(30)32-20-24(28-26,15-9-3)16-10-4/h7-12,27-28H,1-6,13-20H2/t25-,26?/m1/s1. The number of hydrogen-bond acceptors (Lipinski definition) is 6. The average molecular weight is 441 g/mol. The lowest BCUT2D eigenvalue weighted by Crippen LogP contribution is -2.85. The summed E-state index contributed by atoms with van der Waals surface area (Å²) in [5.74, 6) is -1.08. The van der Waals surface area contributed by atoms with Crippen molar-refractivity contribution in [2.24, 2.45) is 0 Å². The van der Waals surface area contributed by atoms with Crippen molar-refractivity contribution >= 4 is 11.9 Å². The summed E-state index contributed by atoms with van der Waals surface area (Å²) in [6.07, 6.45) is 12.6. The Hall–Kier alpha value is -2.70. The van der Waals surface area contributed by atoms with Crippen LogP contribution in [0.2, 0.25) is 0 Å². The number of carbonyl (C=O) groups excluding carboxylic acids is 2. The van der Waals surface area contributed by atoms with Crippen molar-refractivity contribution in [3.05, 3.63) is 75.9 Å². The highest BCUT2D eigenvalue weighted by Gasteiger charge is 2.68. The summed E-state index contributed by atoms with van der Waals surface area (Å²) >= 11 is 0. The van der Waals surface area contributed by atoms with Gasteiger partial charge in [-0.1, -0.05) is 36.5 Å². The van der Waals surface area contributed by atoms with Gasteiger partial charge in [-0.05, 0) is 38.5 Å². The first-order valence-corrected chi connectivity index (χ1v) is 10.9. The molecular formula is C26H36N2O4. The Morgan fingerprint density at radius 2 is 0.875 bits per heavy atom. The normalized spacial score (nSPS) is 28.5. The monoisotopic (exact) mass is 440 g/mol. The first kappa shape index (κ1) is 25.6. The summed E-state index contributed by atoms with van der Waals surface area (Å²) in [6.45, 7) is 23.5. The highest BCUT2D eigenvalue weighted by Crippen LogP contribution is 2.43. The average Bonchev–Trinajstić information content (AvgIpc) is 2.75. The van der Waals surface area contributed by atoms with E-state index >= 15 is 0 Å². The molecule has 0 aromatic heterocycles. The molecule has 174 valence electrons. The summed E-state index contributed by atoms with van der Waals surface area (Å²) < 4.78 is 11.5. The molecule has 0 aromatic rings. The van der Waals surface area contributed by atoms with E-state index in [2.05, 4.69) is 50.1 Å². The lowest BCUT2D eigenvalue weighted by Gasteiger charge is -2.58. The Labute approximate surface area is 191 Å². The van der Waals surface area contributed by atoms with Gasteiger partial charge in [0.2, 0.25) is 0 Å². The van der Waals surface area contributed by atoms with Gasteiger partial charge in [0.05, 0.1) is 11.1 Å². The van der Waals surface area contributed by atoms with Crippen LogP contribution in [0.1, 0.15) is 38.5 Å². The maximum atomic E-state index is 13.5. The van der Waals surface area contributed by atoms with E-state index in [1.807, 2.05) is 0 Å². The zero-order chi connectivity index (χ0) is 23.9. The van der Waals surface area contributed by atoms with Gasteiger partial charge >= 0.3 is 11.9 Å². The predicted octanol–water partition coefficient (Wildman–Crippen LogP) is 3.69. The number of ether oxygens (including phenoxy) is 2. The molecule has 0 bridgehead atoms. The van der Waals surface area contributed by atoms with Crippen LogP contribution >= 0.6 is 0 Å². The van der Waals surface area contributed by atoms with Crippen LogP contribution < -0.4 is 10.6 Å². The van der Waals surface area contributed by atoms with E-state index in [4.69, 9.17) is 9.47 Å². The summed E-state index contributed by atoms with van der Waals surface area (Å²) in [5.41, 5.74) is -4.32. The van der Waals surface area contributed by atoms with E-state index in [1.165, 1.54) is 0 Å². The minimum Gasteiger partial charge on any atom is -0.462 e. The molecule has 0 spiro atoms. The van der Waals surface area contributed by atoms with Gasteiger partial charge in [0.25, 0.3) is 0 Å². The second-order valence-electron chi connectivity index (χ2n) is 8.73. The van der Waals surface area contributed by atoms with Crippen molar-refractivity contribution in [1.82, 2.24) is 10.6 Å². The number of esters is 2. The maximum absolute atomic E-state index is 13.5. The number of hydrogen-bond donors (Lipinski definition) is 2. The Kier molecular flexibility index (Phi) is 8.21. The van der Waals surface area contributed by atoms with Crippen LogP contribution in [-0.4, -0.2) is 47.3 Å². The lowest BCUT2D eigenvalue weighted by atomic mass is 9.66. The molecule has 2 atom stereocenters. The van der Waals surface area contributed by atoms with Gasteiger partial charge in [-0.2, -0.15) is 0 Å². The quantitative estimate of drug-likeness (QED) is 0.336. The largest absolute Gasteiger partial charge is 0.462 e. The van der Waals surface area contributed by atoms with Crippen LogP contribution in [0.25, 0.3) is 0 Å². The van der Waals surface area contributed by atoms with E-state index < -0.39 is 34.1 Å². The van der Waals surface area contributed by atoms with Gasteiger partial charge in [0.15, 0.2) is 11.1 Å². The molecule has 0 saturated carbocycles. The lowest BCUT2D eigenvalue weighted by molar-refractivity contribution is -0.189. The Bertz CT molecular complexity index is 716. The van der Waals surface area contributed by atoms with Gasteiger partial charge in [0.1, 0.15) is 13.2 Å². The molecule has 0 aromatic carbocycles. The van der Waals surface area contributed by atoms with Crippen molar-refractivity contribution in [1.29, 1.82) is 0 Å². The molecule has 2 heterocycles. The summed E-state index contributed by atoms with van der Waals surface area (Å²) in [6, 6.07) is 0. The number of rotatable bonds is 13. The van der Waals surface area contributed by atoms with Gasteiger partial charge in [-0.3, -0.25) is 10.6 Å². The fourth-order valence-corrected chi connectivity index (χ4v) is 5.06. The molecule has 0 aliphatic carbocycles. The molecule has 2 N–H and O–H groups in total. The van der Waals surface area contributed by atoms with Crippen LogP contribution in [0.4, 0.5) is 0 Å². The van der Waals surface area contributed by atoms with Crippen molar-refractivity contribution in [2.45, 2.75) is 60.7 Å². The van der Waals surface area contributed by atoms with Crippen molar-refractivity contribution in [3.63, 3.8) is 0 Å². The Morgan fingerprint density at radius 1 is 0.594 bits per heavy atom. The van der Waals surface area contributed by atoms with Gasteiger partial charge < -0.3 is 9.47 Å². The zero-order valence-corrected chi connectivity index (χ0v) is 19.0. The van der Waals surface area contributed by atoms with Crippen molar-refractivity contribution in [2.75, 3.05) is 13.2 Å². The summed E-state index contributed by atoms with van der Waals surface area (Å²) in [4.78, 5) is 27.1. The number of nitrogens with one attached hydrogen (secondary N) is 2. The number of morpholine rings is 2. The predicted molar refractivity (Wildman–Crippen MR) is 128 cm³/mol. The molecule has 6 nitrogen and oxygen atoms in total. The van der Waals surface area contributed by atoms with Crippen LogP contribution in [0.15, 0.2) is 75.9 Å². The Morgan fingerprint density at radius 3 is 1.12 bits per heavy atom. The van der Waals surface area contributed by atoms with Crippen LogP contribution in [-0.2, 0) is 19.1 Å². The molecule has 2 rings (SSSR count). The topological polar surface area (TPSA) is 76.7 Å². The first-order chi connectivity index (χ1) is 15.3. The third-order valence-electron chi connectivity index (χ3n) is 6.38. The second-order valence-corrected chi connectivity index (χ2v) is 8.73. The van der Waals surface area contributed by atoms with E-state index in [0.29, 0.717) is 25.7 Å².